The molecule has 0 aromatic carbocycles. The van der Waals surface area contributed by atoms with Crippen molar-refractivity contribution in [3.05, 3.63) is 23.5 Å². The number of hydrogen-bond donors (Lipinski definition) is 1. The number of aromatic nitrogens is 3. The Morgan fingerprint density at radius 2 is 2.43 bits per heavy atom. The van der Waals surface area contributed by atoms with Crippen LogP contribution in [0, 0.1) is 0 Å². The van der Waals surface area contributed by atoms with Gasteiger partial charge in [0.05, 0.1) is 10.4 Å². The van der Waals surface area contributed by atoms with E-state index >= 15 is 0 Å². The van der Waals surface area contributed by atoms with Gasteiger partial charge in [-0.2, -0.15) is 5.10 Å². The predicted octanol–water partition coefficient (Wildman–Crippen LogP) is 1.24. The van der Waals surface area contributed by atoms with E-state index in [4.69, 9.17) is 5.11 Å². The van der Waals surface area contributed by atoms with Gasteiger partial charge in [-0.25, -0.2) is 9.78 Å². The largest absolute Gasteiger partial charge is 0.476 e. The third-order valence-corrected chi connectivity index (χ3v) is 2.57. The standard InChI is InChI=1S/C8H7N3O2S/c1-11-3-2-5(10-11)7-6(8(12)13)9-4-14-7/h2-4H,1H3,(H,12,13). The molecule has 0 aliphatic heterocycles. The van der Waals surface area contributed by atoms with Gasteiger partial charge in [0.25, 0.3) is 0 Å². The van der Waals surface area contributed by atoms with E-state index in [2.05, 4.69) is 10.1 Å². The third kappa shape index (κ3) is 1.39. The van der Waals surface area contributed by atoms with Crippen molar-refractivity contribution in [2.45, 2.75) is 0 Å². The van der Waals surface area contributed by atoms with E-state index in [0.717, 1.165) is 0 Å². The summed E-state index contributed by atoms with van der Waals surface area (Å²) in [5.74, 6) is -1.02. The van der Waals surface area contributed by atoms with Crippen LogP contribution in [0.5, 0.6) is 0 Å². The van der Waals surface area contributed by atoms with Crippen molar-refractivity contribution in [3.8, 4) is 10.6 Å². The molecule has 0 aliphatic rings. The molecule has 2 rings (SSSR count). The summed E-state index contributed by atoms with van der Waals surface area (Å²) in [5.41, 5.74) is 2.22. The number of hydrogen-bond acceptors (Lipinski definition) is 4. The second-order valence-corrected chi connectivity index (χ2v) is 3.56. The van der Waals surface area contributed by atoms with Crippen LogP contribution in [0.1, 0.15) is 10.5 Å². The average molecular weight is 209 g/mol. The van der Waals surface area contributed by atoms with Gasteiger partial charge in [0.2, 0.25) is 0 Å². The van der Waals surface area contributed by atoms with Crippen LogP contribution >= 0.6 is 11.3 Å². The van der Waals surface area contributed by atoms with Gasteiger partial charge in [-0.15, -0.1) is 11.3 Å². The first kappa shape index (κ1) is 8.89. The lowest BCUT2D eigenvalue weighted by Gasteiger charge is -1.92. The highest BCUT2D eigenvalue weighted by Gasteiger charge is 2.16. The zero-order valence-corrected chi connectivity index (χ0v) is 8.15. The number of aromatic carboxylic acids is 1. The maximum absolute atomic E-state index is 10.8. The summed E-state index contributed by atoms with van der Waals surface area (Å²) < 4.78 is 1.63. The molecular formula is C8H7N3O2S. The van der Waals surface area contributed by atoms with Crippen LogP contribution in [0.15, 0.2) is 17.8 Å². The summed E-state index contributed by atoms with van der Waals surface area (Å²) in [6.45, 7) is 0. The Balaban J connectivity index is 2.51. The molecule has 0 saturated carbocycles. The summed E-state index contributed by atoms with van der Waals surface area (Å²) >= 11 is 1.28. The number of nitrogens with zero attached hydrogens (tertiary/aromatic N) is 3. The van der Waals surface area contributed by atoms with Gasteiger partial charge in [-0.1, -0.05) is 0 Å². The highest BCUT2D eigenvalue weighted by atomic mass is 32.1. The Kier molecular flexibility index (Phi) is 2.05. The van der Waals surface area contributed by atoms with Crippen LogP contribution in [0.2, 0.25) is 0 Å². The fourth-order valence-corrected chi connectivity index (χ4v) is 1.86. The molecule has 14 heavy (non-hydrogen) atoms. The lowest BCUT2D eigenvalue weighted by Crippen LogP contribution is -1.98. The number of carboxylic acids is 1. The molecule has 0 aliphatic carbocycles. The fourth-order valence-electron chi connectivity index (χ4n) is 1.12. The van der Waals surface area contributed by atoms with Gasteiger partial charge in [0.1, 0.15) is 5.69 Å². The van der Waals surface area contributed by atoms with Crippen LogP contribution in [0.3, 0.4) is 0 Å². The Bertz CT molecular complexity index is 474. The maximum atomic E-state index is 10.8. The minimum absolute atomic E-state index is 0.0636. The Hall–Kier alpha value is -1.69. The summed E-state index contributed by atoms with van der Waals surface area (Å²) in [6.07, 6.45) is 1.76. The minimum Gasteiger partial charge on any atom is -0.476 e. The van der Waals surface area contributed by atoms with Gasteiger partial charge < -0.3 is 5.11 Å². The first-order valence-electron chi connectivity index (χ1n) is 3.85. The molecule has 2 heterocycles. The van der Waals surface area contributed by atoms with Crippen LogP contribution in [-0.2, 0) is 7.05 Å². The number of thiazole rings is 1. The minimum atomic E-state index is -1.02. The smallest absolute Gasteiger partial charge is 0.356 e. The van der Waals surface area contributed by atoms with Crippen molar-refractivity contribution in [1.82, 2.24) is 14.8 Å². The molecule has 0 fully saturated rings. The molecule has 0 saturated heterocycles. The van der Waals surface area contributed by atoms with Gasteiger partial charge in [-0.3, -0.25) is 4.68 Å². The highest BCUT2D eigenvalue weighted by Crippen LogP contribution is 2.25. The molecule has 0 unspecified atom stereocenters. The second kappa shape index (κ2) is 3.22. The lowest BCUT2D eigenvalue weighted by atomic mass is 10.3. The SMILES string of the molecule is Cn1ccc(-c2scnc2C(=O)O)n1. The van der Waals surface area contributed by atoms with Crippen molar-refractivity contribution in [2.24, 2.45) is 7.05 Å². The molecule has 0 spiro atoms. The molecule has 2 aromatic rings. The molecule has 72 valence electrons. The summed E-state index contributed by atoms with van der Waals surface area (Å²) in [4.78, 5) is 15.1. The van der Waals surface area contributed by atoms with Gasteiger partial charge in [0, 0.05) is 13.2 Å². The third-order valence-electron chi connectivity index (χ3n) is 1.72. The molecule has 0 radical (unpaired) electrons. The van der Waals surface area contributed by atoms with E-state index in [1.165, 1.54) is 16.8 Å². The Morgan fingerprint density at radius 1 is 1.64 bits per heavy atom. The van der Waals surface area contributed by atoms with Crippen molar-refractivity contribution in [3.63, 3.8) is 0 Å². The molecule has 5 nitrogen and oxygen atoms in total. The monoisotopic (exact) mass is 209 g/mol. The van der Waals surface area contributed by atoms with E-state index in [1.54, 1.807) is 24.0 Å². The maximum Gasteiger partial charge on any atom is 0.356 e. The highest BCUT2D eigenvalue weighted by molar-refractivity contribution is 7.13. The fraction of sp³-hybridized carbons (Fsp3) is 0.125. The molecule has 2 aromatic heterocycles. The summed E-state index contributed by atoms with van der Waals surface area (Å²) in [7, 11) is 1.78. The van der Waals surface area contributed by atoms with Crippen LogP contribution < -0.4 is 0 Å². The van der Waals surface area contributed by atoms with Crippen molar-refractivity contribution in [2.75, 3.05) is 0 Å². The summed E-state index contributed by atoms with van der Waals surface area (Å²) in [5, 5.41) is 13.0. The molecule has 1 N–H and O–H groups in total. The van der Waals surface area contributed by atoms with Crippen molar-refractivity contribution in [1.29, 1.82) is 0 Å². The lowest BCUT2D eigenvalue weighted by molar-refractivity contribution is 0.0692. The first-order chi connectivity index (χ1) is 6.68. The van der Waals surface area contributed by atoms with Gasteiger partial charge in [0.15, 0.2) is 5.69 Å². The molecule has 6 heteroatoms. The topological polar surface area (TPSA) is 68.0 Å². The van der Waals surface area contributed by atoms with E-state index < -0.39 is 5.97 Å². The molecule has 0 atom stereocenters. The van der Waals surface area contributed by atoms with Crippen LogP contribution in [-0.4, -0.2) is 25.8 Å². The van der Waals surface area contributed by atoms with Crippen LogP contribution in [0.4, 0.5) is 0 Å². The number of aryl methyl sites for hydroxylation is 1. The molecule has 0 amide bonds. The van der Waals surface area contributed by atoms with Crippen molar-refractivity contribution < 1.29 is 9.90 Å². The number of rotatable bonds is 2. The average Bonchev–Trinajstić information content (AvgIpc) is 2.70. The van der Waals surface area contributed by atoms with E-state index in [0.29, 0.717) is 10.6 Å². The van der Waals surface area contributed by atoms with Crippen LogP contribution in [0.25, 0.3) is 10.6 Å². The van der Waals surface area contributed by atoms with E-state index in [1.807, 2.05) is 0 Å². The predicted molar refractivity (Wildman–Crippen MR) is 51.3 cm³/mol. The summed E-state index contributed by atoms with van der Waals surface area (Å²) in [6, 6.07) is 1.76. The molecular weight excluding hydrogens is 202 g/mol. The van der Waals surface area contributed by atoms with Gasteiger partial charge in [-0.05, 0) is 6.07 Å². The Labute approximate surface area is 83.6 Å². The quantitative estimate of drug-likeness (QED) is 0.808. The number of carbonyl (C=O) groups is 1. The van der Waals surface area contributed by atoms with Gasteiger partial charge >= 0.3 is 5.97 Å². The normalized spacial score (nSPS) is 10.4. The van der Waals surface area contributed by atoms with E-state index in [-0.39, 0.29) is 5.69 Å². The zero-order chi connectivity index (χ0) is 10.1. The Morgan fingerprint density at radius 3 is 3.00 bits per heavy atom. The number of carboxylic acid groups (broad SMARTS) is 1. The zero-order valence-electron chi connectivity index (χ0n) is 7.34. The van der Waals surface area contributed by atoms with Crippen molar-refractivity contribution >= 4 is 17.3 Å². The van der Waals surface area contributed by atoms with E-state index in [9.17, 15) is 4.79 Å². The first-order valence-corrected chi connectivity index (χ1v) is 4.73. The second-order valence-electron chi connectivity index (χ2n) is 2.71. The molecule has 0 bridgehead atoms.